The summed E-state index contributed by atoms with van der Waals surface area (Å²) in [6, 6.07) is -14.4. The molecule has 0 rings (SSSR count). The van der Waals surface area contributed by atoms with Crippen molar-refractivity contribution in [2.24, 2.45) is 39.4 Å². The van der Waals surface area contributed by atoms with E-state index in [-0.39, 0.29) is 25.3 Å². The minimum Gasteiger partial charge on any atom is -0.481 e. The van der Waals surface area contributed by atoms with Crippen molar-refractivity contribution in [3.8, 4) is 0 Å². The summed E-state index contributed by atoms with van der Waals surface area (Å²) < 4.78 is 0. The average Bonchev–Trinajstić information content (AvgIpc) is 3.14. The quantitative estimate of drug-likeness (QED) is 0.0188. The monoisotopic (exact) mass is 904 g/mol. The second-order valence-corrected chi connectivity index (χ2v) is 13.9. The molecule has 0 aromatic rings. The first-order valence-corrected chi connectivity index (χ1v) is 18.7. The van der Waals surface area contributed by atoms with E-state index in [1.165, 1.54) is 0 Å². The molecule has 0 heterocycles. The van der Waals surface area contributed by atoms with Crippen molar-refractivity contribution in [2.75, 3.05) is 6.54 Å². The molecule has 0 fully saturated rings. The molecule has 354 valence electrons. The van der Waals surface area contributed by atoms with Crippen LogP contribution in [0.4, 0.5) is 0 Å². The lowest BCUT2D eigenvalue weighted by molar-refractivity contribution is -0.148. The summed E-state index contributed by atoms with van der Waals surface area (Å²) in [4.78, 5) is 153. The van der Waals surface area contributed by atoms with Crippen LogP contribution in [0.25, 0.3) is 0 Å². The fourth-order valence-electron chi connectivity index (χ4n) is 5.07. The zero-order chi connectivity index (χ0) is 48.9. The normalized spacial score (nSPS) is 15.5. The van der Waals surface area contributed by atoms with E-state index in [9.17, 15) is 72.9 Å². The zero-order valence-electron chi connectivity index (χ0n) is 34.3. The maximum absolute atomic E-state index is 13.7. The Bertz CT molecular complexity index is 1760. The predicted molar refractivity (Wildman–Crippen MR) is 212 cm³/mol. The average molecular weight is 905 g/mol. The molecule has 0 unspecified atom stereocenters. The largest absolute Gasteiger partial charge is 0.481 e. The number of rotatable bonds is 29. The molecule has 0 radical (unpaired) electrons. The van der Waals surface area contributed by atoms with E-state index in [0.717, 1.165) is 20.8 Å². The van der Waals surface area contributed by atoms with Crippen molar-refractivity contribution >= 4 is 77.0 Å². The summed E-state index contributed by atoms with van der Waals surface area (Å²) >= 11 is 0. The lowest BCUT2D eigenvalue weighted by atomic mass is 10.1. The first-order chi connectivity index (χ1) is 29.1. The van der Waals surface area contributed by atoms with Gasteiger partial charge in [-0.25, -0.2) is 4.79 Å². The minimum atomic E-state index is -2.01. The van der Waals surface area contributed by atoms with E-state index < -0.39 is 157 Å². The van der Waals surface area contributed by atoms with Gasteiger partial charge in [0.15, 0.2) is 5.96 Å². The molecule has 0 spiro atoms. The Morgan fingerprint density at radius 2 is 0.889 bits per heavy atom. The van der Waals surface area contributed by atoms with E-state index in [0.29, 0.717) is 0 Å². The second kappa shape index (κ2) is 26.9. The van der Waals surface area contributed by atoms with Crippen LogP contribution in [0.3, 0.4) is 0 Å². The van der Waals surface area contributed by atoms with Crippen molar-refractivity contribution in [1.82, 2.24) is 37.2 Å². The number of nitrogens with one attached hydrogen (secondary N) is 7. The van der Waals surface area contributed by atoms with Crippen LogP contribution in [-0.4, -0.2) is 164 Å². The van der Waals surface area contributed by atoms with E-state index in [1.54, 1.807) is 0 Å². The topological polar surface area (TPSA) is 538 Å². The van der Waals surface area contributed by atoms with E-state index >= 15 is 0 Å². The van der Waals surface area contributed by atoms with Crippen molar-refractivity contribution in [3.05, 3.63) is 0 Å². The van der Waals surface area contributed by atoms with Gasteiger partial charge in [0, 0.05) is 6.54 Å². The van der Waals surface area contributed by atoms with Gasteiger partial charge in [0.1, 0.15) is 42.3 Å². The van der Waals surface area contributed by atoms with Crippen LogP contribution in [0.2, 0.25) is 0 Å². The van der Waals surface area contributed by atoms with E-state index in [4.69, 9.17) is 39.5 Å². The van der Waals surface area contributed by atoms with Crippen LogP contribution in [0, 0.1) is 0 Å². The number of carboxylic acids is 2. The molecule has 63 heavy (non-hydrogen) atoms. The smallest absolute Gasteiger partial charge is 0.326 e. The van der Waals surface area contributed by atoms with Crippen LogP contribution >= 0.6 is 0 Å². The third-order valence-electron chi connectivity index (χ3n) is 8.28. The number of nitrogens with zero attached hydrogens (tertiary/aromatic N) is 1. The Kier molecular flexibility index (Phi) is 23.8. The Hall–Kier alpha value is -7.21. The number of hydrogen-bond acceptors (Lipinski definition) is 16. The molecular weight excluding hydrogens is 848 g/mol. The molecule has 23 N–H and O–H groups in total. The highest BCUT2D eigenvalue weighted by Gasteiger charge is 2.37. The summed E-state index contributed by atoms with van der Waals surface area (Å²) in [5.74, 6) is -15.7. The second-order valence-electron chi connectivity index (χ2n) is 13.9. The molecule has 0 aromatic carbocycles. The van der Waals surface area contributed by atoms with Crippen LogP contribution in [0.1, 0.15) is 59.3 Å². The van der Waals surface area contributed by atoms with E-state index in [1.807, 2.05) is 10.6 Å². The summed E-state index contributed by atoms with van der Waals surface area (Å²) in [5.41, 5.74) is 31.8. The number of aliphatic hydroxyl groups excluding tert-OH is 2. The Morgan fingerprint density at radius 1 is 0.492 bits per heavy atom. The van der Waals surface area contributed by atoms with Crippen LogP contribution in [-0.2, 0) is 57.5 Å². The van der Waals surface area contributed by atoms with Gasteiger partial charge in [-0.15, -0.1) is 0 Å². The number of aliphatic hydroxyl groups is 2. The molecule has 0 aliphatic heterocycles. The number of nitrogens with two attached hydrogens (primary N) is 6. The highest BCUT2D eigenvalue weighted by atomic mass is 16.4. The zero-order valence-corrected chi connectivity index (χ0v) is 34.3. The van der Waals surface area contributed by atoms with Gasteiger partial charge in [-0.2, -0.15) is 0 Å². The molecule has 0 saturated heterocycles. The van der Waals surface area contributed by atoms with Gasteiger partial charge >= 0.3 is 11.9 Å². The van der Waals surface area contributed by atoms with Gasteiger partial charge in [-0.05, 0) is 33.6 Å². The lowest BCUT2D eigenvalue weighted by Crippen LogP contribution is -2.62. The van der Waals surface area contributed by atoms with Gasteiger partial charge < -0.3 is 92.0 Å². The molecule has 30 heteroatoms. The van der Waals surface area contributed by atoms with Crippen molar-refractivity contribution in [3.63, 3.8) is 0 Å². The van der Waals surface area contributed by atoms with Crippen LogP contribution in [0.5, 0.6) is 0 Å². The predicted octanol–water partition coefficient (Wildman–Crippen LogP) is -10.3. The maximum atomic E-state index is 13.7. The lowest BCUT2D eigenvalue weighted by Gasteiger charge is -2.28. The first-order valence-electron chi connectivity index (χ1n) is 18.7. The number of carboxylic acid groups (broad SMARTS) is 2. The van der Waals surface area contributed by atoms with Crippen molar-refractivity contribution in [1.29, 1.82) is 0 Å². The highest BCUT2D eigenvalue weighted by molar-refractivity contribution is 6.00. The number of primary amides is 3. The Balaban J connectivity index is 6.50. The third-order valence-corrected chi connectivity index (χ3v) is 8.28. The highest BCUT2D eigenvalue weighted by Crippen LogP contribution is 2.07. The number of guanidine groups is 1. The summed E-state index contributed by atoms with van der Waals surface area (Å²) in [6.45, 7) is 3.04. The minimum absolute atomic E-state index is 0.0839. The molecule has 30 nitrogen and oxygen atoms in total. The van der Waals surface area contributed by atoms with Gasteiger partial charge in [0.25, 0.3) is 0 Å². The number of amides is 10. The molecule has 0 saturated carbocycles. The Labute approximate surface area is 357 Å². The fourth-order valence-corrected chi connectivity index (χ4v) is 5.07. The molecule has 10 amide bonds. The fraction of sp³-hybridized carbons (Fsp3) is 0.606. The number of aliphatic imine (C=N–C) groups is 1. The van der Waals surface area contributed by atoms with Crippen LogP contribution < -0.4 is 71.6 Å². The summed E-state index contributed by atoms with van der Waals surface area (Å²) in [5, 5.41) is 53.4. The number of hydrogen-bond donors (Lipinski definition) is 17. The van der Waals surface area contributed by atoms with Crippen molar-refractivity contribution in [2.45, 2.75) is 120 Å². The first kappa shape index (κ1) is 55.8. The molecule has 10 atom stereocenters. The van der Waals surface area contributed by atoms with Gasteiger partial charge in [-0.3, -0.25) is 57.7 Å². The van der Waals surface area contributed by atoms with Crippen molar-refractivity contribution < 1.29 is 78.0 Å². The van der Waals surface area contributed by atoms with E-state index in [2.05, 4.69) is 31.6 Å². The SMILES string of the molecule is C[C@H](NC(=O)[C@@H](N)CC(N)=O)C(=O)N[C@H](C(=O)N[C@@H](CC(N)=O)C(=O)N[C@@H](CCCN=C(N)N)C(=O)N[C@@H](CC(N)=O)C(=O)N[C@H](C(=O)N[C@@H](CC(=O)O)C(=O)O)[C@@H](C)O)[C@@H](C)O. The molecule has 0 aliphatic carbocycles. The summed E-state index contributed by atoms with van der Waals surface area (Å²) in [6.07, 6.45) is -7.53. The number of carbonyl (C=O) groups excluding carboxylic acids is 10. The summed E-state index contributed by atoms with van der Waals surface area (Å²) in [7, 11) is 0. The molecule has 0 bridgehead atoms. The Morgan fingerprint density at radius 3 is 1.30 bits per heavy atom. The van der Waals surface area contributed by atoms with Gasteiger partial charge in [0.05, 0.1) is 43.9 Å². The van der Waals surface area contributed by atoms with Gasteiger partial charge in [-0.1, -0.05) is 0 Å². The molecule has 0 aliphatic rings. The number of aliphatic carboxylic acids is 2. The molecule has 0 aromatic heterocycles. The van der Waals surface area contributed by atoms with Gasteiger partial charge in [0.2, 0.25) is 59.1 Å². The molecular formula is C33H56N14O16. The maximum Gasteiger partial charge on any atom is 0.326 e. The standard InChI is InChI=1S/C33H56N14O16/c1-11(41-26(56)14(34)7-19(35)50)25(55)46-23(12(2)48)30(60)44-16(8-20(36)51)28(58)42-15(5-4-6-40-33(38)39)27(57)43-17(9-21(37)52)29(59)47-24(13(3)49)31(61)45-18(32(62)63)10-22(53)54/h11-18,23-24,48-49H,4-10,34H2,1-3H3,(H2,35,50)(H2,36,51)(H2,37,52)(H,41,56)(H,42,58)(H,43,57)(H,44,60)(H,45,61)(H,46,55)(H,47,59)(H,53,54)(H,62,63)(H4,38,39,40)/t11-,12+,13+,14-,15-,16-,17-,18-,23-,24-/m0/s1. The van der Waals surface area contributed by atoms with Crippen LogP contribution in [0.15, 0.2) is 4.99 Å². The third kappa shape index (κ3) is 21.7. The number of carbonyl (C=O) groups is 12.